The van der Waals surface area contributed by atoms with Crippen molar-refractivity contribution in [2.24, 2.45) is 51.2 Å². The summed E-state index contributed by atoms with van der Waals surface area (Å²) in [6, 6.07) is 0. The van der Waals surface area contributed by atoms with Crippen molar-refractivity contribution in [2.45, 2.75) is 118 Å². The third kappa shape index (κ3) is 2.68. The highest BCUT2D eigenvalue weighted by atomic mass is 16.5. The number of ether oxygens (including phenoxy) is 1. The van der Waals surface area contributed by atoms with Crippen molar-refractivity contribution in [2.75, 3.05) is 0 Å². The second-order valence-corrected chi connectivity index (χ2v) is 14.3. The molecule has 0 bridgehead atoms. The van der Waals surface area contributed by atoms with Gasteiger partial charge in [-0.3, -0.25) is 4.79 Å². The quantitative estimate of drug-likeness (QED) is 0.329. The van der Waals surface area contributed by atoms with E-state index in [-0.39, 0.29) is 16.4 Å². The first kappa shape index (κ1) is 23.0. The van der Waals surface area contributed by atoms with Gasteiger partial charge in [0.25, 0.3) is 6.47 Å². The number of allylic oxidation sites excluding steroid dienone is 1. The molecule has 0 heterocycles. The Morgan fingerprint density at radius 3 is 2.38 bits per heavy atom. The molecule has 0 spiro atoms. The van der Waals surface area contributed by atoms with Crippen LogP contribution >= 0.6 is 0 Å². The molecule has 5 aliphatic rings. The van der Waals surface area contributed by atoms with Gasteiger partial charge >= 0.3 is 0 Å². The molecule has 0 unspecified atom stereocenters. The van der Waals surface area contributed by atoms with Crippen LogP contribution in [0.2, 0.25) is 0 Å². The van der Waals surface area contributed by atoms with Crippen molar-refractivity contribution in [3.63, 3.8) is 0 Å². The highest BCUT2D eigenvalue weighted by Crippen LogP contribution is 2.75. The molecule has 0 radical (unpaired) electrons. The van der Waals surface area contributed by atoms with Gasteiger partial charge in [-0.2, -0.15) is 0 Å². The molecule has 0 aromatic heterocycles. The van der Waals surface area contributed by atoms with Crippen molar-refractivity contribution >= 4 is 6.47 Å². The van der Waals surface area contributed by atoms with Crippen molar-refractivity contribution in [3.05, 3.63) is 11.6 Å². The fraction of sp³-hybridized carbons (Fsp3) is 0.900. The third-order valence-electron chi connectivity index (χ3n) is 12.7. The molecular weight excluding hydrogens is 392 g/mol. The summed E-state index contributed by atoms with van der Waals surface area (Å²) in [7, 11) is 0. The lowest BCUT2D eigenvalue weighted by Gasteiger charge is -2.68. The Labute approximate surface area is 197 Å². The molecule has 0 amide bonds. The molecule has 5 rings (SSSR count). The minimum Gasteiger partial charge on any atom is -0.460 e. The van der Waals surface area contributed by atoms with Gasteiger partial charge in [-0.1, -0.05) is 60.1 Å². The van der Waals surface area contributed by atoms with Crippen LogP contribution in [0.15, 0.2) is 11.6 Å². The highest BCUT2D eigenvalue weighted by Gasteiger charge is 2.69. The topological polar surface area (TPSA) is 26.3 Å². The average Bonchev–Trinajstić information content (AvgIpc) is 3.08. The molecule has 0 aromatic carbocycles. The fourth-order valence-corrected chi connectivity index (χ4v) is 11.1. The van der Waals surface area contributed by atoms with E-state index in [1.807, 2.05) is 0 Å². The predicted octanol–water partition coefficient (Wildman–Crippen LogP) is 7.96. The van der Waals surface area contributed by atoms with E-state index < -0.39 is 0 Å². The number of fused-ring (bicyclic) bond motifs is 7. The van der Waals surface area contributed by atoms with E-state index in [1.54, 1.807) is 5.57 Å². The Morgan fingerprint density at radius 2 is 1.69 bits per heavy atom. The van der Waals surface area contributed by atoms with Gasteiger partial charge in [0.15, 0.2) is 0 Å². The predicted molar refractivity (Wildman–Crippen MR) is 131 cm³/mol. The van der Waals surface area contributed by atoms with E-state index >= 15 is 0 Å². The monoisotopic (exact) mass is 440 g/mol. The molecule has 2 nitrogen and oxygen atoms in total. The maximum absolute atomic E-state index is 11.9. The summed E-state index contributed by atoms with van der Waals surface area (Å²) < 4.78 is 6.27. The van der Waals surface area contributed by atoms with Crippen LogP contribution in [0.25, 0.3) is 0 Å². The molecule has 0 aliphatic heterocycles. The van der Waals surface area contributed by atoms with Gasteiger partial charge in [0.05, 0.1) is 0 Å². The van der Waals surface area contributed by atoms with Gasteiger partial charge in [0.1, 0.15) is 5.60 Å². The Hall–Kier alpha value is -0.790. The van der Waals surface area contributed by atoms with Gasteiger partial charge in [-0.05, 0) is 104 Å². The summed E-state index contributed by atoms with van der Waals surface area (Å²) in [6.07, 6.45) is 15.3. The first-order valence-electron chi connectivity index (χ1n) is 13.8. The first-order valence-corrected chi connectivity index (χ1v) is 13.8. The summed E-state index contributed by atoms with van der Waals surface area (Å²) in [5, 5.41) is 0. The lowest BCUT2D eigenvalue weighted by molar-refractivity contribution is -0.197. The standard InChI is InChI=1S/C30H48O2/c1-20(2)21-9-12-25-27(21,5)17-18-28(6)22-10-11-24-26(3,4)14-8-15-30(24,32-19-31)23(22)13-16-29(25,28)7/h10,19-21,23-25H,8-9,11-18H2,1-7H3/t21-,23+,24+,25-,27-,28-,29+,30+/m1/s1. The van der Waals surface area contributed by atoms with Gasteiger partial charge < -0.3 is 4.74 Å². The van der Waals surface area contributed by atoms with Crippen LogP contribution in [0.3, 0.4) is 0 Å². The van der Waals surface area contributed by atoms with E-state index in [2.05, 4.69) is 54.5 Å². The van der Waals surface area contributed by atoms with E-state index in [0.717, 1.165) is 37.1 Å². The largest absolute Gasteiger partial charge is 0.460 e. The van der Waals surface area contributed by atoms with E-state index in [4.69, 9.17) is 4.74 Å². The van der Waals surface area contributed by atoms with Crippen LogP contribution in [-0.4, -0.2) is 12.1 Å². The van der Waals surface area contributed by atoms with Crippen LogP contribution in [-0.2, 0) is 9.53 Å². The zero-order valence-electron chi connectivity index (χ0n) is 21.9. The van der Waals surface area contributed by atoms with Gasteiger partial charge in [-0.25, -0.2) is 0 Å². The van der Waals surface area contributed by atoms with E-state index in [0.29, 0.717) is 22.7 Å². The van der Waals surface area contributed by atoms with Crippen LogP contribution in [0.5, 0.6) is 0 Å². The van der Waals surface area contributed by atoms with E-state index in [9.17, 15) is 4.79 Å². The van der Waals surface area contributed by atoms with Crippen LogP contribution < -0.4 is 0 Å². The Morgan fingerprint density at radius 1 is 0.938 bits per heavy atom. The summed E-state index contributed by atoms with van der Waals surface area (Å²) in [6.45, 7) is 18.5. The van der Waals surface area contributed by atoms with Crippen LogP contribution in [0.4, 0.5) is 0 Å². The van der Waals surface area contributed by atoms with Crippen molar-refractivity contribution in [1.29, 1.82) is 0 Å². The lowest BCUT2D eigenvalue weighted by Crippen LogP contribution is -2.64. The van der Waals surface area contributed by atoms with Crippen LogP contribution in [0, 0.1) is 51.2 Å². The molecule has 0 saturated heterocycles. The number of hydrogen-bond acceptors (Lipinski definition) is 2. The SMILES string of the molecule is CC(C)[C@H]1CC[C@@H]2[C@]1(C)CC[C@]1(C)C3=CC[C@H]4C(C)(C)CCC[C@]4(OC=O)[C@H]3CC[C@@]21C. The molecule has 0 aromatic rings. The molecule has 32 heavy (non-hydrogen) atoms. The maximum Gasteiger partial charge on any atom is 0.293 e. The third-order valence-corrected chi connectivity index (χ3v) is 12.7. The molecular formula is C30H48O2. The molecule has 4 saturated carbocycles. The Balaban J connectivity index is 1.57. The van der Waals surface area contributed by atoms with Crippen molar-refractivity contribution < 1.29 is 9.53 Å². The minimum absolute atomic E-state index is 0.242. The molecule has 180 valence electrons. The number of carbonyl (C=O) groups excluding carboxylic acids is 1. The summed E-state index contributed by atoms with van der Waals surface area (Å²) in [5.41, 5.74) is 2.78. The average molecular weight is 441 g/mol. The summed E-state index contributed by atoms with van der Waals surface area (Å²) >= 11 is 0. The second kappa shape index (κ2) is 7.11. The van der Waals surface area contributed by atoms with Gasteiger partial charge in [0.2, 0.25) is 0 Å². The lowest BCUT2D eigenvalue weighted by atomic mass is 9.37. The van der Waals surface area contributed by atoms with Crippen LogP contribution in [0.1, 0.15) is 113 Å². The number of rotatable bonds is 3. The normalized spacial score (nSPS) is 51.7. The second-order valence-electron chi connectivity index (χ2n) is 14.3. The van der Waals surface area contributed by atoms with Gasteiger partial charge in [0, 0.05) is 11.8 Å². The summed E-state index contributed by atoms with van der Waals surface area (Å²) in [4.78, 5) is 11.9. The highest BCUT2D eigenvalue weighted by molar-refractivity contribution is 5.42. The zero-order valence-corrected chi connectivity index (χ0v) is 21.9. The zero-order chi connectivity index (χ0) is 23.2. The molecule has 0 N–H and O–H groups in total. The molecule has 5 aliphatic carbocycles. The van der Waals surface area contributed by atoms with E-state index in [1.165, 1.54) is 51.4 Å². The molecule has 2 heteroatoms. The summed E-state index contributed by atoms with van der Waals surface area (Å²) in [5.74, 6) is 3.38. The number of hydrogen-bond donors (Lipinski definition) is 0. The maximum atomic E-state index is 11.9. The molecule has 4 fully saturated rings. The Bertz CT molecular complexity index is 810. The fourth-order valence-electron chi connectivity index (χ4n) is 11.1. The van der Waals surface area contributed by atoms with Crippen molar-refractivity contribution in [3.8, 4) is 0 Å². The Kier molecular flexibility index (Phi) is 5.10. The smallest absolute Gasteiger partial charge is 0.293 e. The van der Waals surface area contributed by atoms with Crippen molar-refractivity contribution in [1.82, 2.24) is 0 Å². The number of carbonyl (C=O) groups is 1. The van der Waals surface area contributed by atoms with Gasteiger partial charge in [-0.15, -0.1) is 0 Å². The minimum atomic E-state index is -0.269. The first-order chi connectivity index (χ1) is 15.0. The molecule has 8 atom stereocenters.